The lowest BCUT2D eigenvalue weighted by Gasteiger charge is -2.06. The lowest BCUT2D eigenvalue weighted by Crippen LogP contribution is -2.16. The number of hydrogen-bond donors (Lipinski definition) is 1. The summed E-state index contributed by atoms with van der Waals surface area (Å²) in [6.45, 7) is 2.77. The Morgan fingerprint density at radius 1 is 0.900 bits per heavy atom. The molecule has 0 aromatic heterocycles. The predicted molar refractivity (Wildman–Crippen MR) is 125 cm³/mol. The molecule has 2 aromatic rings. The molecule has 0 bridgehead atoms. The number of nitrogens with zero attached hydrogens (tertiary/aromatic N) is 1. The Kier molecular flexibility index (Phi) is 12.0. The SMILES string of the molecule is CCCCCCCCCCCC(=O)NN=Cc1cccc(OCc2ccccc2)c1. The number of rotatable bonds is 15. The first-order chi connectivity index (χ1) is 14.8. The third-order valence-electron chi connectivity index (χ3n) is 5.02. The first kappa shape index (κ1) is 23.7. The molecule has 0 aliphatic heterocycles. The molecule has 4 nitrogen and oxygen atoms in total. The zero-order valence-corrected chi connectivity index (χ0v) is 18.3. The predicted octanol–water partition coefficient (Wildman–Crippen LogP) is 6.64. The van der Waals surface area contributed by atoms with E-state index in [0.29, 0.717) is 13.0 Å². The maximum Gasteiger partial charge on any atom is 0.240 e. The Hall–Kier alpha value is -2.62. The summed E-state index contributed by atoms with van der Waals surface area (Å²) in [6.07, 6.45) is 13.4. The maximum atomic E-state index is 11.9. The Balaban J connectivity index is 1.58. The van der Waals surface area contributed by atoms with E-state index in [-0.39, 0.29) is 5.91 Å². The van der Waals surface area contributed by atoms with Crippen molar-refractivity contribution in [2.75, 3.05) is 0 Å². The van der Waals surface area contributed by atoms with E-state index >= 15 is 0 Å². The zero-order valence-electron chi connectivity index (χ0n) is 18.3. The molecular weight excluding hydrogens is 372 g/mol. The second-order valence-electron chi connectivity index (χ2n) is 7.72. The molecule has 2 aromatic carbocycles. The highest BCUT2D eigenvalue weighted by atomic mass is 16.5. The van der Waals surface area contributed by atoms with Gasteiger partial charge in [-0.1, -0.05) is 101 Å². The van der Waals surface area contributed by atoms with Crippen molar-refractivity contribution >= 4 is 12.1 Å². The summed E-state index contributed by atoms with van der Waals surface area (Å²) in [5.74, 6) is 0.759. The van der Waals surface area contributed by atoms with E-state index in [0.717, 1.165) is 29.7 Å². The molecule has 2 rings (SSSR count). The molecule has 30 heavy (non-hydrogen) atoms. The standard InChI is InChI=1S/C26H36N2O2/c1-2-3-4-5-6-7-8-9-13-19-26(29)28-27-21-24-17-14-18-25(20-24)30-22-23-15-11-10-12-16-23/h10-12,14-18,20-21H,2-9,13,19,22H2,1H3,(H,28,29). The van der Waals surface area contributed by atoms with Gasteiger partial charge in [0, 0.05) is 6.42 Å². The first-order valence-electron chi connectivity index (χ1n) is 11.4. The highest BCUT2D eigenvalue weighted by molar-refractivity contribution is 5.82. The Morgan fingerprint density at radius 2 is 1.60 bits per heavy atom. The van der Waals surface area contributed by atoms with Crippen LogP contribution in [0.5, 0.6) is 5.75 Å². The minimum absolute atomic E-state index is 0.0225. The molecule has 1 amide bonds. The van der Waals surface area contributed by atoms with Gasteiger partial charge in [-0.05, 0) is 29.7 Å². The molecular formula is C26H36N2O2. The van der Waals surface area contributed by atoms with Crippen LogP contribution in [0.25, 0.3) is 0 Å². The van der Waals surface area contributed by atoms with Gasteiger partial charge in [-0.2, -0.15) is 5.10 Å². The third-order valence-corrected chi connectivity index (χ3v) is 5.02. The second kappa shape index (κ2) is 15.3. The third kappa shape index (κ3) is 10.8. The quantitative estimate of drug-likeness (QED) is 0.204. The summed E-state index contributed by atoms with van der Waals surface area (Å²) < 4.78 is 5.82. The molecule has 0 fully saturated rings. The maximum absolute atomic E-state index is 11.9. The van der Waals surface area contributed by atoms with Crippen LogP contribution in [0.15, 0.2) is 59.7 Å². The number of hydrogen-bond acceptors (Lipinski definition) is 3. The van der Waals surface area contributed by atoms with Crippen molar-refractivity contribution in [1.82, 2.24) is 5.43 Å². The van der Waals surface area contributed by atoms with E-state index in [1.807, 2.05) is 54.6 Å². The van der Waals surface area contributed by atoms with Crippen LogP contribution in [0, 0.1) is 0 Å². The van der Waals surface area contributed by atoms with Crippen molar-refractivity contribution in [3.05, 3.63) is 65.7 Å². The van der Waals surface area contributed by atoms with Gasteiger partial charge in [-0.25, -0.2) is 5.43 Å². The smallest absolute Gasteiger partial charge is 0.240 e. The minimum atomic E-state index is -0.0225. The summed E-state index contributed by atoms with van der Waals surface area (Å²) in [7, 11) is 0. The number of nitrogens with one attached hydrogen (secondary N) is 1. The number of ether oxygens (including phenoxy) is 1. The summed E-state index contributed by atoms with van der Waals surface area (Å²) >= 11 is 0. The van der Waals surface area contributed by atoms with Gasteiger partial charge in [0.25, 0.3) is 0 Å². The number of hydrazone groups is 1. The topological polar surface area (TPSA) is 50.7 Å². The monoisotopic (exact) mass is 408 g/mol. The van der Waals surface area contributed by atoms with Crippen molar-refractivity contribution in [1.29, 1.82) is 0 Å². The lowest BCUT2D eigenvalue weighted by atomic mass is 10.1. The Bertz CT molecular complexity index is 744. The largest absolute Gasteiger partial charge is 0.489 e. The molecule has 1 N–H and O–H groups in total. The average Bonchev–Trinajstić information content (AvgIpc) is 2.77. The van der Waals surface area contributed by atoms with Crippen molar-refractivity contribution in [2.24, 2.45) is 5.10 Å². The molecule has 4 heteroatoms. The van der Waals surface area contributed by atoms with E-state index in [1.54, 1.807) is 6.21 Å². The van der Waals surface area contributed by atoms with E-state index in [9.17, 15) is 4.79 Å². The molecule has 0 atom stereocenters. The van der Waals surface area contributed by atoms with E-state index < -0.39 is 0 Å². The fourth-order valence-corrected chi connectivity index (χ4v) is 3.26. The van der Waals surface area contributed by atoms with Gasteiger partial charge in [0.2, 0.25) is 5.91 Å². The normalized spacial score (nSPS) is 11.0. The van der Waals surface area contributed by atoms with Gasteiger partial charge in [-0.15, -0.1) is 0 Å². The first-order valence-corrected chi connectivity index (χ1v) is 11.4. The summed E-state index contributed by atoms with van der Waals surface area (Å²) in [5, 5.41) is 4.08. The van der Waals surface area contributed by atoms with Crippen LogP contribution >= 0.6 is 0 Å². The summed E-state index contributed by atoms with van der Waals surface area (Å²) in [5.41, 5.74) is 4.64. The lowest BCUT2D eigenvalue weighted by molar-refractivity contribution is -0.121. The van der Waals surface area contributed by atoms with Gasteiger partial charge in [0.1, 0.15) is 12.4 Å². The van der Waals surface area contributed by atoms with Gasteiger partial charge >= 0.3 is 0 Å². The fraction of sp³-hybridized carbons (Fsp3) is 0.462. The van der Waals surface area contributed by atoms with Crippen LogP contribution in [-0.4, -0.2) is 12.1 Å². The van der Waals surface area contributed by atoms with Gasteiger partial charge in [0.05, 0.1) is 6.21 Å². The van der Waals surface area contributed by atoms with Crippen LogP contribution in [-0.2, 0) is 11.4 Å². The Morgan fingerprint density at radius 3 is 2.33 bits per heavy atom. The number of carbonyl (C=O) groups excluding carboxylic acids is 1. The van der Waals surface area contributed by atoms with Crippen molar-refractivity contribution in [3.63, 3.8) is 0 Å². The summed E-state index contributed by atoms with van der Waals surface area (Å²) in [6, 6.07) is 17.8. The van der Waals surface area contributed by atoms with Gasteiger partial charge in [-0.3, -0.25) is 4.79 Å². The van der Waals surface area contributed by atoms with E-state index in [4.69, 9.17) is 4.74 Å². The highest BCUT2D eigenvalue weighted by Crippen LogP contribution is 2.14. The molecule has 0 saturated carbocycles. The molecule has 0 aliphatic carbocycles. The molecule has 162 valence electrons. The number of unbranched alkanes of at least 4 members (excludes halogenated alkanes) is 8. The van der Waals surface area contributed by atoms with Crippen LogP contribution in [0.2, 0.25) is 0 Å². The average molecular weight is 409 g/mol. The zero-order chi connectivity index (χ0) is 21.3. The molecule has 0 unspecified atom stereocenters. The molecule has 0 saturated heterocycles. The number of amides is 1. The van der Waals surface area contributed by atoms with Gasteiger partial charge < -0.3 is 4.74 Å². The van der Waals surface area contributed by atoms with Crippen LogP contribution in [0.3, 0.4) is 0 Å². The number of benzene rings is 2. The molecule has 0 spiro atoms. The van der Waals surface area contributed by atoms with E-state index in [1.165, 1.54) is 44.9 Å². The minimum Gasteiger partial charge on any atom is -0.489 e. The molecule has 0 aliphatic rings. The highest BCUT2D eigenvalue weighted by Gasteiger charge is 2.00. The second-order valence-corrected chi connectivity index (χ2v) is 7.72. The number of carbonyl (C=O) groups is 1. The summed E-state index contributed by atoms with van der Waals surface area (Å²) in [4.78, 5) is 11.9. The molecule has 0 heterocycles. The van der Waals surface area contributed by atoms with Crippen LogP contribution < -0.4 is 10.2 Å². The Labute approximate surface area is 181 Å². The van der Waals surface area contributed by atoms with Crippen molar-refractivity contribution in [2.45, 2.75) is 77.7 Å². The van der Waals surface area contributed by atoms with Gasteiger partial charge in [0.15, 0.2) is 0 Å². The van der Waals surface area contributed by atoms with Crippen molar-refractivity contribution in [3.8, 4) is 5.75 Å². The van der Waals surface area contributed by atoms with Crippen LogP contribution in [0.1, 0.15) is 82.3 Å². The van der Waals surface area contributed by atoms with Crippen LogP contribution in [0.4, 0.5) is 0 Å². The fourth-order valence-electron chi connectivity index (χ4n) is 3.26. The van der Waals surface area contributed by atoms with E-state index in [2.05, 4.69) is 17.5 Å². The van der Waals surface area contributed by atoms with Crippen molar-refractivity contribution < 1.29 is 9.53 Å². The molecule has 0 radical (unpaired) electrons.